The number of rotatable bonds is 0. The Balaban J connectivity index is 1.90. The van der Waals surface area contributed by atoms with Crippen molar-refractivity contribution in [1.82, 2.24) is 0 Å². The third-order valence-corrected chi connectivity index (χ3v) is 5.29. The molecule has 1 spiro atoms. The Hall–Kier alpha value is -0.0400. The van der Waals surface area contributed by atoms with Crippen LogP contribution in [0.15, 0.2) is 0 Å². The maximum Gasteiger partial charge on any atom is 0.0127 e. The van der Waals surface area contributed by atoms with Gasteiger partial charge < -0.3 is 5.73 Å². The van der Waals surface area contributed by atoms with Gasteiger partial charge in [-0.1, -0.05) is 13.3 Å². The Morgan fingerprint density at radius 3 is 2.62 bits per heavy atom. The summed E-state index contributed by atoms with van der Waals surface area (Å²) >= 11 is 0. The van der Waals surface area contributed by atoms with Gasteiger partial charge in [-0.05, 0) is 55.3 Å². The van der Waals surface area contributed by atoms with Crippen molar-refractivity contribution in [2.45, 2.75) is 51.5 Å². The van der Waals surface area contributed by atoms with Crippen molar-refractivity contribution < 1.29 is 0 Å². The highest BCUT2D eigenvalue weighted by Gasteiger charge is 2.58. The Bertz CT molecular complexity index is 221. The van der Waals surface area contributed by atoms with Gasteiger partial charge in [0.15, 0.2) is 0 Å². The van der Waals surface area contributed by atoms with E-state index >= 15 is 0 Å². The zero-order valence-corrected chi connectivity index (χ0v) is 8.63. The summed E-state index contributed by atoms with van der Waals surface area (Å²) in [5, 5.41) is 0. The number of hydrogen-bond donors (Lipinski definition) is 1. The van der Waals surface area contributed by atoms with Gasteiger partial charge in [-0.2, -0.15) is 0 Å². The van der Waals surface area contributed by atoms with E-state index in [4.69, 9.17) is 5.73 Å². The molecule has 0 aromatic heterocycles. The molecule has 3 saturated carbocycles. The SMILES string of the molecule is C[C@@H]1CC[C@@]2(C1)[C@@H]1CC[C@@H](C1)[C@@H]2N. The Kier molecular flexibility index (Phi) is 1.59. The fourth-order valence-corrected chi connectivity index (χ4v) is 4.65. The number of fused-ring (bicyclic) bond motifs is 3. The third-order valence-electron chi connectivity index (χ3n) is 5.29. The van der Waals surface area contributed by atoms with E-state index in [2.05, 4.69) is 6.92 Å². The van der Waals surface area contributed by atoms with Gasteiger partial charge in [-0.15, -0.1) is 0 Å². The highest BCUT2D eigenvalue weighted by atomic mass is 14.8. The molecule has 0 aromatic rings. The molecule has 1 heteroatoms. The second-order valence-electron chi connectivity index (χ2n) is 5.88. The molecule has 0 amide bonds. The molecule has 5 atom stereocenters. The van der Waals surface area contributed by atoms with Crippen molar-refractivity contribution in [1.29, 1.82) is 0 Å². The highest BCUT2D eigenvalue weighted by Crippen LogP contribution is 2.62. The second kappa shape index (κ2) is 2.50. The van der Waals surface area contributed by atoms with Gasteiger partial charge in [0, 0.05) is 6.04 Å². The van der Waals surface area contributed by atoms with Gasteiger partial charge in [0.1, 0.15) is 0 Å². The summed E-state index contributed by atoms with van der Waals surface area (Å²) in [7, 11) is 0. The molecule has 0 unspecified atom stereocenters. The van der Waals surface area contributed by atoms with Crippen molar-refractivity contribution in [2.24, 2.45) is 28.9 Å². The van der Waals surface area contributed by atoms with Crippen LogP contribution in [0.2, 0.25) is 0 Å². The summed E-state index contributed by atoms with van der Waals surface area (Å²) in [4.78, 5) is 0. The summed E-state index contributed by atoms with van der Waals surface area (Å²) in [5.41, 5.74) is 7.04. The molecule has 0 aliphatic heterocycles. The van der Waals surface area contributed by atoms with Gasteiger partial charge in [0.25, 0.3) is 0 Å². The number of nitrogens with two attached hydrogens (primary N) is 1. The Labute approximate surface area is 81.1 Å². The standard InChI is InChI=1S/C12H21N/c1-8-4-5-12(7-8)10-3-2-9(6-10)11(12)13/h8-11H,2-7,13H2,1H3/t8-,9+,10-,11+,12-/m1/s1. The Morgan fingerprint density at radius 1 is 1.23 bits per heavy atom. The Morgan fingerprint density at radius 2 is 2.08 bits per heavy atom. The van der Waals surface area contributed by atoms with Crippen LogP contribution in [-0.2, 0) is 0 Å². The topological polar surface area (TPSA) is 26.0 Å². The molecule has 2 N–H and O–H groups in total. The van der Waals surface area contributed by atoms with E-state index in [1.54, 1.807) is 0 Å². The molecule has 0 aromatic carbocycles. The predicted octanol–water partition coefficient (Wildman–Crippen LogP) is 2.55. The fourth-order valence-electron chi connectivity index (χ4n) is 4.65. The first-order valence-corrected chi connectivity index (χ1v) is 5.98. The minimum absolute atomic E-state index is 0.566. The molecular formula is C12H21N. The summed E-state index contributed by atoms with van der Waals surface area (Å²) in [5.74, 6) is 2.86. The maximum absolute atomic E-state index is 6.42. The lowest BCUT2D eigenvalue weighted by Gasteiger charge is -2.39. The molecule has 3 aliphatic carbocycles. The molecule has 3 rings (SSSR count). The maximum atomic E-state index is 6.42. The monoisotopic (exact) mass is 179 g/mol. The van der Waals surface area contributed by atoms with Crippen LogP contribution in [0.3, 0.4) is 0 Å². The highest BCUT2D eigenvalue weighted by molar-refractivity contribution is 5.10. The van der Waals surface area contributed by atoms with Crippen LogP contribution in [0.4, 0.5) is 0 Å². The molecule has 3 fully saturated rings. The predicted molar refractivity (Wildman–Crippen MR) is 54.3 cm³/mol. The molecule has 0 radical (unpaired) electrons. The summed E-state index contributed by atoms with van der Waals surface area (Å²) < 4.78 is 0. The first-order chi connectivity index (χ1) is 6.22. The van der Waals surface area contributed by atoms with Crippen molar-refractivity contribution in [2.75, 3.05) is 0 Å². The zero-order chi connectivity index (χ0) is 9.05. The summed E-state index contributed by atoms with van der Waals surface area (Å²) in [6, 6.07) is 0.566. The third kappa shape index (κ3) is 0.918. The van der Waals surface area contributed by atoms with E-state index < -0.39 is 0 Å². The van der Waals surface area contributed by atoms with Gasteiger partial charge in [0.2, 0.25) is 0 Å². The minimum atomic E-state index is 0.566. The van der Waals surface area contributed by atoms with E-state index in [-0.39, 0.29) is 0 Å². The first kappa shape index (κ1) is 8.28. The molecule has 3 aliphatic rings. The van der Waals surface area contributed by atoms with Gasteiger partial charge >= 0.3 is 0 Å². The summed E-state index contributed by atoms with van der Waals surface area (Å²) in [6.45, 7) is 2.41. The van der Waals surface area contributed by atoms with Crippen LogP contribution >= 0.6 is 0 Å². The van der Waals surface area contributed by atoms with Gasteiger partial charge in [-0.25, -0.2) is 0 Å². The second-order valence-corrected chi connectivity index (χ2v) is 5.88. The first-order valence-electron chi connectivity index (χ1n) is 5.98. The largest absolute Gasteiger partial charge is 0.327 e. The lowest BCUT2D eigenvalue weighted by atomic mass is 9.68. The molecule has 0 saturated heterocycles. The fraction of sp³-hybridized carbons (Fsp3) is 1.00. The van der Waals surface area contributed by atoms with E-state index in [1.807, 2.05) is 0 Å². The van der Waals surface area contributed by atoms with Crippen LogP contribution < -0.4 is 5.73 Å². The molecule has 13 heavy (non-hydrogen) atoms. The van der Waals surface area contributed by atoms with E-state index in [9.17, 15) is 0 Å². The smallest absolute Gasteiger partial charge is 0.0127 e. The normalized spacial score (nSPS) is 59.5. The lowest BCUT2D eigenvalue weighted by Crippen LogP contribution is -2.44. The van der Waals surface area contributed by atoms with Gasteiger partial charge in [-0.3, -0.25) is 0 Å². The average Bonchev–Trinajstić information content (AvgIpc) is 2.73. The van der Waals surface area contributed by atoms with Crippen molar-refractivity contribution in [3.8, 4) is 0 Å². The van der Waals surface area contributed by atoms with Crippen molar-refractivity contribution in [3.05, 3.63) is 0 Å². The van der Waals surface area contributed by atoms with Crippen molar-refractivity contribution in [3.63, 3.8) is 0 Å². The molecule has 2 bridgehead atoms. The van der Waals surface area contributed by atoms with E-state index in [1.165, 1.54) is 38.5 Å². The van der Waals surface area contributed by atoms with Crippen LogP contribution in [0, 0.1) is 23.2 Å². The number of hydrogen-bond acceptors (Lipinski definition) is 1. The van der Waals surface area contributed by atoms with E-state index in [0.29, 0.717) is 11.5 Å². The molecular weight excluding hydrogens is 158 g/mol. The van der Waals surface area contributed by atoms with Crippen LogP contribution in [0.5, 0.6) is 0 Å². The van der Waals surface area contributed by atoms with Crippen molar-refractivity contribution >= 4 is 0 Å². The minimum Gasteiger partial charge on any atom is -0.327 e. The quantitative estimate of drug-likeness (QED) is 0.607. The average molecular weight is 179 g/mol. The van der Waals surface area contributed by atoms with Crippen LogP contribution in [0.25, 0.3) is 0 Å². The van der Waals surface area contributed by atoms with Crippen LogP contribution in [-0.4, -0.2) is 6.04 Å². The molecule has 0 heterocycles. The lowest BCUT2D eigenvalue weighted by molar-refractivity contribution is 0.134. The molecule has 74 valence electrons. The van der Waals surface area contributed by atoms with Gasteiger partial charge in [0.05, 0.1) is 0 Å². The summed E-state index contributed by atoms with van der Waals surface area (Å²) in [6.07, 6.45) is 8.71. The van der Waals surface area contributed by atoms with Crippen LogP contribution in [0.1, 0.15) is 45.4 Å². The molecule has 1 nitrogen and oxygen atoms in total. The van der Waals surface area contributed by atoms with E-state index in [0.717, 1.165) is 17.8 Å². The zero-order valence-electron chi connectivity index (χ0n) is 8.63.